The Kier molecular flexibility index (Phi) is 11.6. The molecule has 214 valence electrons. The van der Waals surface area contributed by atoms with Crippen LogP contribution in [0.25, 0.3) is 0 Å². The second-order valence-corrected chi connectivity index (χ2v) is 10.3. The van der Waals surface area contributed by atoms with Gasteiger partial charge in [0.2, 0.25) is 0 Å². The summed E-state index contributed by atoms with van der Waals surface area (Å²) in [4.78, 5) is 24.5. The molecule has 1 aliphatic rings. The Hall–Kier alpha value is -3.30. The van der Waals surface area contributed by atoms with Gasteiger partial charge in [-0.2, -0.15) is 5.10 Å². The predicted octanol–water partition coefficient (Wildman–Crippen LogP) is 4.14. The highest BCUT2D eigenvalue weighted by Gasteiger charge is 2.32. The van der Waals surface area contributed by atoms with Gasteiger partial charge in [0.15, 0.2) is 17.7 Å². The van der Waals surface area contributed by atoms with Gasteiger partial charge in [0.1, 0.15) is 19.0 Å². The van der Waals surface area contributed by atoms with Gasteiger partial charge in [-0.15, -0.1) is 0 Å². The van der Waals surface area contributed by atoms with E-state index in [1.165, 1.54) is 7.11 Å². The fourth-order valence-electron chi connectivity index (χ4n) is 3.75. The molecule has 2 atom stereocenters. The molecule has 4 N–H and O–H groups in total. The van der Waals surface area contributed by atoms with Gasteiger partial charge in [-0.1, -0.05) is 18.7 Å². The maximum atomic E-state index is 12.4. The average Bonchev–Trinajstić information content (AvgIpc) is 2.91. The second-order valence-electron chi connectivity index (χ2n) is 8.33. The number of methoxy groups -OCH3 is 1. The Morgan fingerprint density at radius 2 is 2.05 bits per heavy atom. The van der Waals surface area contributed by atoms with Crippen molar-refractivity contribution in [3.8, 4) is 17.2 Å². The van der Waals surface area contributed by atoms with Gasteiger partial charge in [0, 0.05) is 5.70 Å². The first-order chi connectivity index (χ1) is 19.2. The highest BCUT2D eigenvalue weighted by atomic mass is 127. The number of carbonyl (C=O) groups is 2. The number of nitrogens with one attached hydrogen (secondary N) is 3. The third kappa shape index (κ3) is 8.11. The maximum absolute atomic E-state index is 12.4. The fourth-order valence-corrected chi connectivity index (χ4v) is 5.52. The van der Waals surface area contributed by atoms with E-state index in [0.29, 0.717) is 41.7 Å². The molecule has 13 heteroatoms. The minimum atomic E-state index is -1.12. The molecule has 0 saturated heterocycles. The standard InChI is InChI=1S/C27H30BrIN4O7/c1-5-9-39-25-18(28)10-16(11-19(25)29)13-30-33-22(34)14-40-20-8-7-17(12-21(20)38-6-2)24-23(26(35)37-4)15(3)31-27(36)32-24/h5,7-8,10-13,22,24,33-34H,1,6,9,14H2,2-4H3,(H2,31,32,36)/b30-13-/t22-,24+/m1/s1. The van der Waals surface area contributed by atoms with Crippen LogP contribution in [0.15, 0.2) is 63.8 Å². The van der Waals surface area contributed by atoms with Crippen LogP contribution in [0.4, 0.5) is 4.79 Å². The van der Waals surface area contributed by atoms with E-state index in [-0.39, 0.29) is 12.2 Å². The molecule has 11 nitrogen and oxygen atoms in total. The van der Waals surface area contributed by atoms with Gasteiger partial charge in [-0.05, 0) is 87.8 Å². The SMILES string of the molecule is C=CCOc1c(Br)cc(/C=N\N[C@H](O)COc2ccc([C@@H]3NC(=O)NC(C)=C3C(=O)OC)cc2OCC)cc1I. The van der Waals surface area contributed by atoms with Crippen molar-refractivity contribution in [3.63, 3.8) is 0 Å². The van der Waals surface area contributed by atoms with E-state index in [0.717, 1.165) is 13.6 Å². The lowest BCUT2D eigenvalue weighted by atomic mass is 9.95. The van der Waals surface area contributed by atoms with E-state index >= 15 is 0 Å². The molecule has 0 aromatic heterocycles. The lowest BCUT2D eigenvalue weighted by Gasteiger charge is -2.28. The van der Waals surface area contributed by atoms with Crippen LogP contribution in [-0.4, -0.2) is 56.5 Å². The molecule has 3 rings (SSSR count). The van der Waals surface area contributed by atoms with Crippen molar-refractivity contribution >= 4 is 56.7 Å². The molecule has 0 saturated carbocycles. The van der Waals surface area contributed by atoms with Crippen molar-refractivity contribution in [1.29, 1.82) is 0 Å². The van der Waals surface area contributed by atoms with Crippen LogP contribution in [0.1, 0.15) is 31.0 Å². The Morgan fingerprint density at radius 3 is 2.73 bits per heavy atom. The Morgan fingerprint density at radius 1 is 1.27 bits per heavy atom. The van der Waals surface area contributed by atoms with Crippen molar-refractivity contribution in [1.82, 2.24) is 16.1 Å². The fraction of sp³-hybridized carbons (Fsp3) is 0.296. The summed E-state index contributed by atoms with van der Waals surface area (Å²) in [6.07, 6.45) is 2.11. The largest absolute Gasteiger partial charge is 0.490 e. The number of benzene rings is 2. The predicted molar refractivity (Wildman–Crippen MR) is 162 cm³/mol. The topological polar surface area (TPSA) is 140 Å². The van der Waals surface area contributed by atoms with Crippen LogP contribution in [0.2, 0.25) is 0 Å². The van der Waals surface area contributed by atoms with Gasteiger partial charge in [-0.3, -0.25) is 5.43 Å². The van der Waals surface area contributed by atoms with Crippen molar-refractivity contribution in [2.75, 3.05) is 26.9 Å². The number of hydrogen-bond acceptors (Lipinski definition) is 9. The zero-order chi connectivity index (χ0) is 29.2. The summed E-state index contributed by atoms with van der Waals surface area (Å²) in [6.45, 7) is 7.69. The Balaban J connectivity index is 1.68. The summed E-state index contributed by atoms with van der Waals surface area (Å²) in [5, 5.41) is 19.8. The lowest BCUT2D eigenvalue weighted by molar-refractivity contribution is -0.136. The van der Waals surface area contributed by atoms with E-state index in [4.69, 9.17) is 18.9 Å². The number of nitrogens with zero attached hydrogens (tertiary/aromatic N) is 1. The Labute approximate surface area is 254 Å². The number of rotatable bonds is 13. The number of hydrogen-bond donors (Lipinski definition) is 4. The third-order valence-electron chi connectivity index (χ3n) is 5.48. The van der Waals surface area contributed by atoms with E-state index in [2.05, 4.69) is 66.3 Å². The number of ether oxygens (including phenoxy) is 4. The number of urea groups is 1. The van der Waals surface area contributed by atoms with Gasteiger partial charge in [0.25, 0.3) is 0 Å². The number of hydrazone groups is 1. The van der Waals surface area contributed by atoms with Crippen molar-refractivity contribution in [2.24, 2.45) is 5.10 Å². The van der Waals surface area contributed by atoms with Gasteiger partial charge < -0.3 is 34.7 Å². The molecule has 2 aromatic carbocycles. The highest BCUT2D eigenvalue weighted by molar-refractivity contribution is 14.1. The van der Waals surface area contributed by atoms with Crippen LogP contribution in [0, 0.1) is 3.57 Å². The molecule has 0 radical (unpaired) electrons. The summed E-state index contributed by atoms with van der Waals surface area (Å²) in [6, 6.07) is 7.56. The maximum Gasteiger partial charge on any atom is 0.337 e. The normalized spacial score (nSPS) is 15.7. The summed E-state index contributed by atoms with van der Waals surface area (Å²) >= 11 is 5.66. The third-order valence-corrected chi connectivity index (χ3v) is 6.87. The second kappa shape index (κ2) is 14.9. The summed E-state index contributed by atoms with van der Waals surface area (Å²) in [7, 11) is 1.28. The molecule has 0 unspecified atom stereocenters. The summed E-state index contributed by atoms with van der Waals surface area (Å²) < 4.78 is 23.7. The number of aliphatic hydroxyl groups is 1. The Bertz CT molecular complexity index is 1290. The number of esters is 1. The first-order valence-electron chi connectivity index (χ1n) is 12.1. The summed E-state index contributed by atoms with van der Waals surface area (Å²) in [5.74, 6) is 0.889. The highest BCUT2D eigenvalue weighted by Crippen LogP contribution is 2.35. The molecule has 40 heavy (non-hydrogen) atoms. The lowest BCUT2D eigenvalue weighted by Crippen LogP contribution is -2.45. The van der Waals surface area contributed by atoms with Crippen LogP contribution < -0.4 is 30.3 Å². The average molecular weight is 729 g/mol. The molecule has 1 aliphatic heterocycles. The van der Waals surface area contributed by atoms with Crippen LogP contribution >= 0.6 is 38.5 Å². The molecular formula is C27H30BrIN4O7. The quantitative estimate of drug-likeness (QED) is 0.0603. The van der Waals surface area contributed by atoms with Crippen molar-refractivity contribution in [3.05, 3.63) is 73.4 Å². The van der Waals surface area contributed by atoms with Gasteiger partial charge in [-0.25, -0.2) is 9.59 Å². The molecule has 0 spiro atoms. The van der Waals surface area contributed by atoms with Crippen molar-refractivity contribution < 1.29 is 33.6 Å². The van der Waals surface area contributed by atoms with E-state index in [1.807, 2.05) is 19.1 Å². The molecule has 1 heterocycles. The van der Waals surface area contributed by atoms with Gasteiger partial charge >= 0.3 is 12.0 Å². The van der Waals surface area contributed by atoms with Crippen LogP contribution in [-0.2, 0) is 9.53 Å². The molecule has 0 bridgehead atoms. The zero-order valence-electron chi connectivity index (χ0n) is 22.1. The molecule has 2 aromatic rings. The monoisotopic (exact) mass is 728 g/mol. The molecule has 0 fully saturated rings. The van der Waals surface area contributed by atoms with Crippen LogP contribution in [0.5, 0.6) is 17.2 Å². The molecule has 0 aliphatic carbocycles. The van der Waals surface area contributed by atoms with E-state index in [9.17, 15) is 14.7 Å². The molecular weight excluding hydrogens is 699 g/mol. The van der Waals surface area contributed by atoms with Crippen molar-refractivity contribution in [2.45, 2.75) is 26.1 Å². The number of aliphatic hydroxyl groups excluding tert-OH is 1. The zero-order valence-corrected chi connectivity index (χ0v) is 25.9. The minimum Gasteiger partial charge on any atom is -0.490 e. The number of halogens is 2. The smallest absolute Gasteiger partial charge is 0.337 e. The first-order valence-corrected chi connectivity index (χ1v) is 14.0. The number of carbonyl (C=O) groups excluding carboxylic acids is 2. The van der Waals surface area contributed by atoms with E-state index in [1.54, 1.807) is 37.4 Å². The van der Waals surface area contributed by atoms with E-state index < -0.39 is 24.3 Å². The number of allylic oxidation sites excluding steroid dienone is 1. The minimum absolute atomic E-state index is 0.136. The van der Waals surface area contributed by atoms with Crippen LogP contribution in [0.3, 0.4) is 0 Å². The molecule has 2 amide bonds. The first kappa shape index (κ1) is 31.2. The number of amides is 2. The summed E-state index contributed by atoms with van der Waals surface area (Å²) in [5.41, 5.74) is 4.68. The van der Waals surface area contributed by atoms with Gasteiger partial charge in [0.05, 0.1) is 39.6 Å².